The summed E-state index contributed by atoms with van der Waals surface area (Å²) in [5.74, 6) is 1.82. The van der Waals surface area contributed by atoms with Crippen molar-refractivity contribution < 1.29 is 9.47 Å². The zero-order valence-electron chi connectivity index (χ0n) is 16.2. The molecule has 5 heteroatoms. The van der Waals surface area contributed by atoms with Gasteiger partial charge in [-0.1, -0.05) is 18.2 Å². The first kappa shape index (κ1) is 18.7. The number of methoxy groups -OCH3 is 1. The number of aryl methyl sites for hydroxylation is 1. The number of piperazine rings is 1. The van der Waals surface area contributed by atoms with Gasteiger partial charge >= 0.3 is 0 Å². The Bertz CT molecular complexity index is 733. The summed E-state index contributed by atoms with van der Waals surface area (Å²) >= 11 is 0. The molecule has 1 aromatic heterocycles. The van der Waals surface area contributed by atoms with Crippen LogP contribution < -0.4 is 14.8 Å². The third-order valence-electron chi connectivity index (χ3n) is 4.64. The first-order valence-electron chi connectivity index (χ1n) is 9.27. The predicted molar refractivity (Wildman–Crippen MR) is 104 cm³/mol. The van der Waals surface area contributed by atoms with Crippen LogP contribution in [0.15, 0.2) is 36.5 Å². The molecule has 0 saturated carbocycles. The minimum atomic E-state index is 0.168. The predicted octanol–water partition coefficient (Wildman–Crippen LogP) is 3.33. The number of nitrogens with one attached hydrogen (secondary N) is 1. The van der Waals surface area contributed by atoms with Crippen molar-refractivity contribution in [2.75, 3.05) is 26.7 Å². The molecular weight excluding hydrogens is 326 g/mol. The smallest absolute Gasteiger partial charge is 0.140 e. The van der Waals surface area contributed by atoms with Gasteiger partial charge in [0.15, 0.2) is 0 Å². The fraction of sp³-hybridized carbons (Fsp3) is 0.476. The standard InChI is InChI=1S/C21H29N3O2/c1-15(2)26-20-8-6-5-7-18(20)19-14-24(10-9-22-19)13-17-11-21(25-4)16(3)23-12-17/h5-8,11-12,15,19,22H,9-10,13-14H2,1-4H3/t19-/m1/s1. The molecule has 3 rings (SSSR count). The molecule has 1 N–H and O–H groups in total. The number of benzene rings is 1. The third kappa shape index (κ3) is 4.54. The fourth-order valence-electron chi connectivity index (χ4n) is 3.40. The van der Waals surface area contributed by atoms with Crippen LogP contribution in [0.2, 0.25) is 0 Å². The average molecular weight is 355 g/mol. The maximum Gasteiger partial charge on any atom is 0.140 e. The number of para-hydroxylation sites is 1. The largest absolute Gasteiger partial charge is 0.495 e. The number of hydrogen-bond donors (Lipinski definition) is 1. The highest BCUT2D eigenvalue weighted by molar-refractivity contribution is 5.37. The normalized spacial score (nSPS) is 18.1. The van der Waals surface area contributed by atoms with Gasteiger partial charge in [0.05, 0.1) is 18.9 Å². The van der Waals surface area contributed by atoms with E-state index in [9.17, 15) is 0 Å². The molecule has 140 valence electrons. The van der Waals surface area contributed by atoms with Gasteiger partial charge in [0.25, 0.3) is 0 Å². The Labute approximate surface area is 156 Å². The van der Waals surface area contributed by atoms with Crippen LogP contribution in [-0.2, 0) is 6.54 Å². The van der Waals surface area contributed by atoms with E-state index in [-0.39, 0.29) is 12.1 Å². The van der Waals surface area contributed by atoms with Crippen molar-refractivity contribution in [3.05, 3.63) is 53.3 Å². The van der Waals surface area contributed by atoms with Crippen LogP contribution in [0, 0.1) is 6.92 Å². The first-order chi connectivity index (χ1) is 12.6. The quantitative estimate of drug-likeness (QED) is 0.861. The lowest BCUT2D eigenvalue weighted by atomic mass is 10.0. The Morgan fingerprint density at radius 1 is 1.27 bits per heavy atom. The second-order valence-corrected chi connectivity index (χ2v) is 7.08. The first-order valence-corrected chi connectivity index (χ1v) is 9.27. The number of ether oxygens (including phenoxy) is 2. The molecule has 0 unspecified atom stereocenters. The lowest BCUT2D eigenvalue weighted by molar-refractivity contribution is 0.186. The van der Waals surface area contributed by atoms with Crippen LogP contribution in [0.5, 0.6) is 11.5 Å². The molecule has 0 spiro atoms. The summed E-state index contributed by atoms with van der Waals surface area (Å²) in [4.78, 5) is 6.91. The molecule has 5 nitrogen and oxygen atoms in total. The van der Waals surface area contributed by atoms with Gasteiger partial charge in [-0.05, 0) is 38.5 Å². The SMILES string of the molecule is COc1cc(CN2CCN[C@@H](c3ccccc3OC(C)C)C2)cnc1C. The van der Waals surface area contributed by atoms with Gasteiger partial charge in [-0.25, -0.2) is 0 Å². The number of pyridine rings is 1. The monoisotopic (exact) mass is 355 g/mol. The van der Waals surface area contributed by atoms with E-state index in [0.29, 0.717) is 0 Å². The van der Waals surface area contributed by atoms with Crippen molar-refractivity contribution in [3.8, 4) is 11.5 Å². The van der Waals surface area contributed by atoms with E-state index in [0.717, 1.165) is 43.4 Å². The van der Waals surface area contributed by atoms with E-state index in [2.05, 4.69) is 53.3 Å². The van der Waals surface area contributed by atoms with Crippen LogP contribution >= 0.6 is 0 Å². The van der Waals surface area contributed by atoms with Crippen molar-refractivity contribution >= 4 is 0 Å². The zero-order chi connectivity index (χ0) is 18.5. The Kier molecular flexibility index (Phi) is 6.12. The molecule has 2 aromatic rings. The van der Waals surface area contributed by atoms with Crippen molar-refractivity contribution in [2.45, 2.75) is 39.5 Å². The molecule has 1 fully saturated rings. The van der Waals surface area contributed by atoms with Gasteiger partial charge in [-0.2, -0.15) is 0 Å². The number of hydrogen-bond acceptors (Lipinski definition) is 5. The summed E-state index contributed by atoms with van der Waals surface area (Å²) in [6, 6.07) is 10.7. The van der Waals surface area contributed by atoms with E-state index in [4.69, 9.17) is 9.47 Å². The van der Waals surface area contributed by atoms with Crippen molar-refractivity contribution in [1.82, 2.24) is 15.2 Å². The van der Waals surface area contributed by atoms with E-state index < -0.39 is 0 Å². The number of rotatable bonds is 6. The minimum Gasteiger partial charge on any atom is -0.495 e. The highest BCUT2D eigenvalue weighted by Gasteiger charge is 2.23. The average Bonchev–Trinajstić information content (AvgIpc) is 2.63. The molecule has 26 heavy (non-hydrogen) atoms. The van der Waals surface area contributed by atoms with E-state index >= 15 is 0 Å². The van der Waals surface area contributed by atoms with Crippen molar-refractivity contribution in [2.24, 2.45) is 0 Å². The third-order valence-corrected chi connectivity index (χ3v) is 4.64. The minimum absolute atomic E-state index is 0.168. The fourth-order valence-corrected chi connectivity index (χ4v) is 3.40. The van der Waals surface area contributed by atoms with Gasteiger partial charge in [0.1, 0.15) is 11.5 Å². The highest BCUT2D eigenvalue weighted by atomic mass is 16.5. The van der Waals surface area contributed by atoms with Crippen LogP contribution in [-0.4, -0.2) is 42.7 Å². The summed E-state index contributed by atoms with van der Waals surface area (Å²) < 4.78 is 11.4. The molecule has 1 aliphatic rings. The summed E-state index contributed by atoms with van der Waals surface area (Å²) in [6.07, 6.45) is 2.12. The molecule has 1 aromatic carbocycles. The Morgan fingerprint density at radius 3 is 2.85 bits per heavy atom. The van der Waals surface area contributed by atoms with Gasteiger partial charge in [-0.3, -0.25) is 9.88 Å². The van der Waals surface area contributed by atoms with Crippen molar-refractivity contribution in [3.63, 3.8) is 0 Å². The number of aromatic nitrogens is 1. The summed E-state index contributed by atoms with van der Waals surface area (Å²) in [7, 11) is 1.69. The van der Waals surface area contributed by atoms with E-state index in [1.807, 2.05) is 19.2 Å². The van der Waals surface area contributed by atoms with Gasteiger partial charge in [-0.15, -0.1) is 0 Å². The molecular formula is C21H29N3O2. The number of nitrogens with zero attached hydrogens (tertiary/aromatic N) is 2. The van der Waals surface area contributed by atoms with Crippen LogP contribution in [0.1, 0.15) is 36.7 Å². The van der Waals surface area contributed by atoms with Gasteiger partial charge in [0.2, 0.25) is 0 Å². The Hall–Kier alpha value is -2.11. The highest BCUT2D eigenvalue weighted by Crippen LogP contribution is 2.28. The Morgan fingerprint density at radius 2 is 2.08 bits per heavy atom. The second-order valence-electron chi connectivity index (χ2n) is 7.08. The molecule has 0 amide bonds. The molecule has 1 atom stereocenters. The molecule has 1 saturated heterocycles. The Balaban J connectivity index is 1.72. The molecule has 0 radical (unpaired) electrons. The maximum absolute atomic E-state index is 6.01. The summed E-state index contributed by atoms with van der Waals surface area (Å²) in [6.45, 7) is 9.88. The van der Waals surface area contributed by atoms with Crippen molar-refractivity contribution in [1.29, 1.82) is 0 Å². The van der Waals surface area contributed by atoms with Gasteiger partial charge < -0.3 is 14.8 Å². The van der Waals surface area contributed by atoms with Crippen LogP contribution in [0.3, 0.4) is 0 Å². The van der Waals surface area contributed by atoms with E-state index in [1.165, 1.54) is 11.1 Å². The molecule has 1 aliphatic heterocycles. The molecule has 0 aliphatic carbocycles. The van der Waals surface area contributed by atoms with Crippen LogP contribution in [0.25, 0.3) is 0 Å². The summed E-state index contributed by atoms with van der Waals surface area (Å²) in [5, 5.41) is 3.63. The second kappa shape index (κ2) is 8.52. The summed E-state index contributed by atoms with van der Waals surface area (Å²) in [5.41, 5.74) is 3.33. The van der Waals surface area contributed by atoms with Crippen LogP contribution in [0.4, 0.5) is 0 Å². The lowest BCUT2D eigenvalue weighted by Crippen LogP contribution is -2.45. The lowest BCUT2D eigenvalue weighted by Gasteiger charge is -2.34. The van der Waals surface area contributed by atoms with Gasteiger partial charge in [0, 0.05) is 44.0 Å². The topological polar surface area (TPSA) is 46.6 Å². The van der Waals surface area contributed by atoms with E-state index in [1.54, 1.807) is 7.11 Å². The molecule has 2 heterocycles. The maximum atomic E-state index is 6.01. The zero-order valence-corrected chi connectivity index (χ0v) is 16.2. The molecule has 0 bridgehead atoms.